The predicted molar refractivity (Wildman–Crippen MR) is 147 cm³/mol. The van der Waals surface area contributed by atoms with Gasteiger partial charge in [-0.15, -0.1) is 0 Å². The first-order chi connectivity index (χ1) is 16.7. The number of aliphatic hydroxyl groups is 2. The van der Waals surface area contributed by atoms with E-state index in [-0.39, 0.29) is 12.5 Å². The summed E-state index contributed by atoms with van der Waals surface area (Å²) in [6.07, 6.45) is 29.7. The molecule has 0 rings (SSSR count). The molecule has 202 valence electrons. The molecule has 0 saturated heterocycles. The van der Waals surface area contributed by atoms with E-state index in [4.69, 9.17) is 0 Å². The summed E-state index contributed by atoms with van der Waals surface area (Å²) in [6.45, 7) is 4.28. The third-order valence-electron chi connectivity index (χ3n) is 6.78. The van der Waals surface area contributed by atoms with E-state index in [9.17, 15) is 15.0 Å². The minimum absolute atomic E-state index is 0.0452. The monoisotopic (exact) mass is 481 g/mol. The van der Waals surface area contributed by atoms with Crippen molar-refractivity contribution in [2.24, 2.45) is 0 Å². The fraction of sp³-hybridized carbons (Fsp3) is 0.900. The molecule has 0 heterocycles. The average Bonchev–Trinajstić information content (AvgIpc) is 2.84. The number of nitrogens with one attached hydrogen (secondary N) is 1. The number of allylic oxidation sites excluding steroid dienone is 2. The van der Waals surface area contributed by atoms with Crippen LogP contribution in [0.4, 0.5) is 0 Å². The van der Waals surface area contributed by atoms with E-state index in [2.05, 4.69) is 31.3 Å². The van der Waals surface area contributed by atoms with E-state index in [1.807, 2.05) is 0 Å². The molecule has 0 saturated carbocycles. The molecule has 0 bridgehead atoms. The summed E-state index contributed by atoms with van der Waals surface area (Å²) >= 11 is 0. The molecular formula is C30H59NO3. The smallest absolute Gasteiger partial charge is 0.220 e. The summed E-state index contributed by atoms with van der Waals surface area (Å²) in [5.74, 6) is -0.0452. The number of rotatable bonds is 26. The Kier molecular flexibility index (Phi) is 26.0. The molecule has 4 heteroatoms. The van der Waals surface area contributed by atoms with Gasteiger partial charge < -0.3 is 15.5 Å². The quantitative estimate of drug-likeness (QED) is 0.0865. The summed E-state index contributed by atoms with van der Waals surface area (Å²) in [5, 5.41) is 22.8. The predicted octanol–water partition coefficient (Wildman–Crippen LogP) is 8.00. The maximum Gasteiger partial charge on any atom is 0.220 e. The number of unbranched alkanes of at least 4 members (excludes halogenated alkanes) is 17. The van der Waals surface area contributed by atoms with Gasteiger partial charge in [-0.25, -0.2) is 0 Å². The zero-order chi connectivity index (χ0) is 25.1. The fourth-order valence-corrected chi connectivity index (χ4v) is 4.41. The lowest BCUT2D eigenvalue weighted by atomic mass is 10.0. The van der Waals surface area contributed by atoms with Gasteiger partial charge in [-0.05, 0) is 38.5 Å². The highest BCUT2D eigenvalue weighted by molar-refractivity contribution is 5.76. The topological polar surface area (TPSA) is 69.6 Å². The third-order valence-corrected chi connectivity index (χ3v) is 6.78. The van der Waals surface area contributed by atoms with Gasteiger partial charge in [0.1, 0.15) is 0 Å². The first-order valence-electron chi connectivity index (χ1n) is 14.9. The summed E-state index contributed by atoms with van der Waals surface area (Å²) < 4.78 is 0. The van der Waals surface area contributed by atoms with Crippen LogP contribution in [-0.4, -0.2) is 34.9 Å². The molecule has 2 atom stereocenters. The van der Waals surface area contributed by atoms with Gasteiger partial charge in [0, 0.05) is 6.42 Å². The highest BCUT2D eigenvalue weighted by Gasteiger charge is 2.19. The van der Waals surface area contributed by atoms with Gasteiger partial charge in [0.05, 0.1) is 18.8 Å². The van der Waals surface area contributed by atoms with Gasteiger partial charge in [0.25, 0.3) is 0 Å². The first kappa shape index (κ1) is 33.1. The molecule has 0 aliphatic rings. The summed E-state index contributed by atoms with van der Waals surface area (Å²) in [4.78, 5) is 12.2. The van der Waals surface area contributed by atoms with Crippen molar-refractivity contribution in [2.75, 3.05) is 6.61 Å². The van der Waals surface area contributed by atoms with E-state index in [1.54, 1.807) is 0 Å². The Morgan fingerprint density at radius 2 is 1.12 bits per heavy atom. The molecule has 0 aliphatic carbocycles. The van der Waals surface area contributed by atoms with Gasteiger partial charge in [-0.1, -0.05) is 122 Å². The number of carbonyl (C=O) groups excluding carboxylic acids is 1. The molecule has 0 aliphatic heterocycles. The fourth-order valence-electron chi connectivity index (χ4n) is 4.41. The molecule has 0 unspecified atom stereocenters. The second kappa shape index (κ2) is 26.7. The van der Waals surface area contributed by atoms with Crippen LogP contribution in [0, 0.1) is 0 Å². The van der Waals surface area contributed by atoms with Crippen molar-refractivity contribution in [3.63, 3.8) is 0 Å². The minimum Gasteiger partial charge on any atom is -0.394 e. The van der Waals surface area contributed by atoms with Crippen LogP contribution in [0.25, 0.3) is 0 Å². The Hall–Kier alpha value is -0.870. The number of aliphatic hydroxyl groups excluding tert-OH is 2. The van der Waals surface area contributed by atoms with Gasteiger partial charge in [0.15, 0.2) is 0 Å². The molecule has 3 N–H and O–H groups in total. The van der Waals surface area contributed by atoms with Gasteiger partial charge in [0.2, 0.25) is 5.91 Å². The van der Waals surface area contributed by atoms with Gasteiger partial charge in [-0.3, -0.25) is 4.79 Å². The maximum atomic E-state index is 12.2. The van der Waals surface area contributed by atoms with Gasteiger partial charge >= 0.3 is 0 Å². The van der Waals surface area contributed by atoms with E-state index in [0.717, 1.165) is 38.5 Å². The standard InChI is InChI=1S/C30H59NO3/c1-3-5-7-9-11-13-14-15-16-18-20-22-24-26-30(34)31-28(27-32)29(33)25-23-21-19-17-12-10-8-6-4-2/h12,17,28-29,32-33H,3-11,13-16,18-27H2,1-2H3,(H,31,34)/b17-12+/t28-,29+/m0/s1. The van der Waals surface area contributed by atoms with Crippen LogP contribution in [0.15, 0.2) is 12.2 Å². The minimum atomic E-state index is -0.672. The highest BCUT2D eigenvalue weighted by atomic mass is 16.3. The van der Waals surface area contributed by atoms with E-state index < -0.39 is 12.1 Å². The number of carbonyl (C=O) groups is 1. The molecule has 0 radical (unpaired) electrons. The second-order valence-corrected chi connectivity index (χ2v) is 10.2. The zero-order valence-corrected chi connectivity index (χ0v) is 22.9. The van der Waals surface area contributed by atoms with Crippen LogP contribution < -0.4 is 5.32 Å². The lowest BCUT2D eigenvalue weighted by Crippen LogP contribution is -2.45. The molecule has 0 aromatic carbocycles. The van der Waals surface area contributed by atoms with Crippen LogP contribution in [0.1, 0.15) is 155 Å². The van der Waals surface area contributed by atoms with Crippen molar-refractivity contribution >= 4 is 5.91 Å². The van der Waals surface area contributed by atoms with Crippen molar-refractivity contribution in [1.82, 2.24) is 5.32 Å². The number of amides is 1. The molecule has 4 nitrogen and oxygen atoms in total. The van der Waals surface area contributed by atoms with E-state index in [1.165, 1.54) is 89.9 Å². The largest absolute Gasteiger partial charge is 0.394 e. The zero-order valence-electron chi connectivity index (χ0n) is 22.9. The molecule has 34 heavy (non-hydrogen) atoms. The van der Waals surface area contributed by atoms with Crippen molar-refractivity contribution in [2.45, 2.75) is 167 Å². The molecule has 1 amide bonds. The van der Waals surface area contributed by atoms with Crippen molar-refractivity contribution in [3.05, 3.63) is 12.2 Å². The first-order valence-corrected chi connectivity index (χ1v) is 14.9. The Morgan fingerprint density at radius 3 is 1.62 bits per heavy atom. The lowest BCUT2D eigenvalue weighted by molar-refractivity contribution is -0.123. The molecule has 0 spiro atoms. The van der Waals surface area contributed by atoms with E-state index >= 15 is 0 Å². The van der Waals surface area contributed by atoms with Crippen LogP contribution >= 0.6 is 0 Å². The summed E-state index contributed by atoms with van der Waals surface area (Å²) in [5.41, 5.74) is 0. The molecular weight excluding hydrogens is 422 g/mol. The van der Waals surface area contributed by atoms with E-state index in [0.29, 0.717) is 12.8 Å². The second-order valence-electron chi connectivity index (χ2n) is 10.2. The third kappa shape index (κ3) is 22.9. The molecule has 0 fully saturated rings. The Morgan fingerprint density at radius 1 is 0.676 bits per heavy atom. The van der Waals surface area contributed by atoms with Crippen LogP contribution in [-0.2, 0) is 4.79 Å². The number of hydrogen-bond acceptors (Lipinski definition) is 3. The van der Waals surface area contributed by atoms with Crippen LogP contribution in [0.2, 0.25) is 0 Å². The Bertz CT molecular complexity index is 452. The molecule has 0 aromatic heterocycles. The molecule has 0 aromatic rings. The summed E-state index contributed by atoms with van der Waals surface area (Å²) in [7, 11) is 0. The SMILES string of the molecule is CCCCC/C=C/CCCC[C@@H](O)[C@H](CO)NC(=O)CCCCCCCCCCCCCCC. The van der Waals surface area contributed by atoms with Crippen molar-refractivity contribution in [3.8, 4) is 0 Å². The van der Waals surface area contributed by atoms with Gasteiger partial charge in [-0.2, -0.15) is 0 Å². The Balaban J connectivity index is 3.62. The Labute approximate surface area is 212 Å². The van der Waals surface area contributed by atoms with Crippen LogP contribution in [0.3, 0.4) is 0 Å². The van der Waals surface area contributed by atoms with Crippen LogP contribution in [0.5, 0.6) is 0 Å². The number of hydrogen-bond donors (Lipinski definition) is 3. The van der Waals surface area contributed by atoms with Crippen molar-refractivity contribution in [1.29, 1.82) is 0 Å². The average molecular weight is 482 g/mol. The highest BCUT2D eigenvalue weighted by Crippen LogP contribution is 2.13. The normalized spacial score (nSPS) is 13.4. The maximum absolute atomic E-state index is 12.2. The summed E-state index contributed by atoms with van der Waals surface area (Å²) in [6, 6.07) is -0.543. The lowest BCUT2D eigenvalue weighted by Gasteiger charge is -2.22. The van der Waals surface area contributed by atoms with Crippen molar-refractivity contribution < 1.29 is 15.0 Å².